The van der Waals surface area contributed by atoms with Crippen molar-refractivity contribution in [1.82, 2.24) is 10.2 Å². The summed E-state index contributed by atoms with van der Waals surface area (Å²) in [6, 6.07) is 6.63. The summed E-state index contributed by atoms with van der Waals surface area (Å²) in [5.41, 5.74) is 4.07. The maximum Gasteiger partial charge on any atom is 0.0826 e. The fourth-order valence-corrected chi connectivity index (χ4v) is 2.40. The lowest BCUT2D eigenvalue weighted by atomic mass is 10.1. The second-order valence-electron chi connectivity index (χ2n) is 5.32. The number of likely N-dealkylation sites (N-methyl/N-ethyl adjacent to an activating group) is 1. The molecule has 1 aliphatic rings. The van der Waals surface area contributed by atoms with Crippen molar-refractivity contribution < 1.29 is 4.74 Å². The van der Waals surface area contributed by atoms with Crippen molar-refractivity contribution in [2.45, 2.75) is 26.5 Å². The molecule has 0 amide bonds. The molecule has 1 unspecified atom stereocenters. The zero-order valence-corrected chi connectivity index (χ0v) is 11.7. The fraction of sp³-hybridized carbons (Fsp3) is 0.600. The average Bonchev–Trinajstić information content (AvgIpc) is 2.32. The molecule has 1 aromatic carbocycles. The van der Waals surface area contributed by atoms with Crippen LogP contribution in [-0.2, 0) is 11.3 Å². The highest BCUT2D eigenvalue weighted by molar-refractivity contribution is 5.30. The van der Waals surface area contributed by atoms with Crippen molar-refractivity contribution in [2.75, 3.05) is 33.3 Å². The smallest absolute Gasteiger partial charge is 0.0826 e. The molecule has 1 N–H and O–H groups in total. The summed E-state index contributed by atoms with van der Waals surface area (Å²) in [6.45, 7) is 9.10. The molecule has 100 valence electrons. The van der Waals surface area contributed by atoms with E-state index in [-0.39, 0.29) is 0 Å². The normalized spacial score (nSPS) is 21.2. The van der Waals surface area contributed by atoms with Gasteiger partial charge in [0.05, 0.1) is 12.7 Å². The first kappa shape index (κ1) is 13.5. The van der Waals surface area contributed by atoms with Gasteiger partial charge in [0.1, 0.15) is 0 Å². The van der Waals surface area contributed by atoms with Gasteiger partial charge in [-0.3, -0.25) is 0 Å². The third-order valence-corrected chi connectivity index (χ3v) is 3.53. The van der Waals surface area contributed by atoms with E-state index in [1.165, 1.54) is 16.7 Å². The molecule has 1 fully saturated rings. The van der Waals surface area contributed by atoms with Gasteiger partial charge in [0.25, 0.3) is 0 Å². The molecule has 1 heterocycles. The molecule has 1 atom stereocenters. The lowest BCUT2D eigenvalue weighted by Crippen LogP contribution is -2.44. The van der Waals surface area contributed by atoms with Crippen molar-refractivity contribution in [3.05, 3.63) is 34.9 Å². The molecule has 1 aliphatic heterocycles. The number of benzene rings is 1. The Bertz CT molecular complexity index is 392. The molecule has 0 radical (unpaired) electrons. The minimum absolute atomic E-state index is 0.328. The van der Waals surface area contributed by atoms with Gasteiger partial charge in [-0.1, -0.05) is 23.8 Å². The van der Waals surface area contributed by atoms with Crippen molar-refractivity contribution in [1.29, 1.82) is 0 Å². The van der Waals surface area contributed by atoms with E-state index in [1.54, 1.807) is 0 Å². The Balaban J connectivity index is 1.77. The van der Waals surface area contributed by atoms with E-state index in [2.05, 4.69) is 49.3 Å². The van der Waals surface area contributed by atoms with Crippen molar-refractivity contribution >= 4 is 0 Å². The monoisotopic (exact) mass is 248 g/mol. The number of aryl methyl sites for hydroxylation is 2. The van der Waals surface area contributed by atoms with Gasteiger partial charge >= 0.3 is 0 Å². The number of hydrogen-bond acceptors (Lipinski definition) is 3. The minimum atomic E-state index is 0.328. The van der Waals surface area contributed by atoms with Crippen LogP contribution < -0.4 is 5.32 Å². The molecule has 1 saturated heterocycles. The average molecular weight is 248 g/mol. The summed E-state index contributed by atoms with van der Waals surface area (Å²) in [4.78, 5) is 2.33. The highest BCUT2D eigenvalue weighted by atomic mass is 16.5. The van der Waals surface area contributed by atoms with Gasteiger partial charge in [0.15, 0.2) is 0 Å². The Morgan fingerprint density at radius 2 is 2.22 bits per heavy atom. The number of hydrogen-bond donors (Lipinski definition) is 1. The third-order valence-electron chi connectivity index (χ3n) is 3.53. The number of rotatable bonds is 4. The van der Waals surface area contributed by atoms with E-state index in [1.807, 2.05) is 0 Å². The Morgan fingerprint density at radius 1 is 1.39 bits per heavy atom. The predicted octanol–water partition coefficient (Wildman–Crippen LogP) is 1.72. The van der Waals surface area contributed by atoms with Gasteiger partial charge in [0.2, 0.25) is 0 Å². The summed E-state index contributed by atoms with van der Waals surface area (Å²) in [7, 11) is 2.15. The van der Waals surface area contributed by atoms with Crippen LogP contribution in [0.1, 0.15) is 16.7 Å². The van der Waals surface area contributed by atoms with Gasteiger partial charge in [-0.25, -0.2) is 0 Å². The first-order chi connectivity index (χ1) is 8.65. The van der Waals surface area contributed by atoms with Crippen LogP contribution in [0.2, 0.25) is 0 Å². The van der Waals surface area contributed by atoms with Crippen molar-refractivity contribution in [3.63, 3.8) is 0 Å². The van der Waals surface area contributed by atoms with Gasteiger partial charge in [-0.15, -0.1) is 0 Å². The zero-order chi connectivity index (χ0) is 13.0. The van der Waals surface area contributed by atoms with Crippen molar-refractivity contribution in [2.24, 2.45) is 0 Å². The van der Waals surface area contributed by atoms with Crippen LogP contribution in [0.5, 0.6) is 0 Å². The largest absolute Gasteiger partial charge is 0.374 e. The Hall–Kier alpha value is -0.900. The summed E-state index contributed by atoms with van der Waals surface area (Å²) >= 11 is 0. The van der Waals surface area contributed by atoms with Crippen LogP contribution in [0.25, 0.3) is 0 Å². The van der Waals surface area contributed by atoms with Gasteiger partial charge in [0, 0.05) is 26.2 Å². The minimum Gasteiger partial charge on any atom is -0.374 e. The van der Waals surface area contributed by atoms with Crippen LogP contribution in [0.3, 0.4) is 0 Å². The predicted molar refractivity (Wildman–Crippen MR) is 74.9 cm³/mol. The van der Waals surface area contributed by atoms with E-state index in [4.69, 9.17) is 4.74 Å². The number of nitrogens with one attached hydrogen (secondary N) is 1. The molecular weight excluding hydrogens is 224 g/mol. The summed E-state index contributed by atoms with van der Waals surface area (Å²) in [5.74, 6) is 0. The first-order valence-electron chi connectivity index (χ1n) is 6.72. The highest BCUT2D eigenvalue weighted by Gasteiger charge is 2.16. The standard InChI is InChI=1S/C15H24N2O/c1-12-4-5-14(13(2)8-12)9-16-10-15-11-17(3)6-7-18-15/h4-5,8,15-16H,6-7,9-11H2,1-3H3. The maximum atomic E-state index is 5.73. The van der Waals surface area contributed by atoms with E-state index in [0.29, 0.717) is 6.10 Å². The quantitative estimate of drug-likeness (QED) is 0.878. The molecule has 0 aliphatic carbocycles. The fourth-order valence-electron chi connectivity index (χ4n) is 2.40. The second kappa shape index (κ2) is 6.32. The summed E-state index contributed by atoms with van der Waals surface area (Å²) < 4.78 is 5.73. The SMILES string of the molecule is Cc1ccc(CNCC2CN(C)CCO2)c(C)c1. The van der Waals surface area contributed by atoms with E-state index in [9.17, 15) is 0 Å². The van der Waals surface area contributed by atoms with E-state index < -0.39 is 0 Å². The highest BCUT2D eigenvalue weighted by Crippen LogP contribution is 2.10. The molecule has 3 nitrogen and oxygen atoms in total. The second-order valence-corrected chi connectivity index (χ2v) is 5.32. The van der Waals surface area contributed by atoms with Crippen molar-refractivity contribution in [3.8, 4) is 0 Å². The molecule has 1 aromatic rings. The third kappa shape index (κ3) is 3.80. The van der Waals surface area contributed by atoms with E-state index >= 15 is 0 Å². The molecular formula is C15H24N2O. The Labute approximate surface area is 110 Å². The maximum absolute atomic E-state index is 5.73. The molecule has 0 spiro atoms. The molecule has 0 bridgehead atoms. The van der Waals surface area contributed by atoms with Gasteiger partial charge in [-0.05, 0) is 32.0 Å². The lowest BCUT2D eigenvalue weighted by Gasteiger charge is -2.30. The Morgan fingerprint density at radius 3 is 2.94 bits per heavy atom. The van der Waals surface area contributed by atoms with Gasteiger partial charge in [-0.2, -0.15) is 0 Å². The summed E-state index contributed by atoms with van der Waals surface area (Å²) in [6.07, 6.45) is 0.328. The molecule has 18 heavy (non-hydrogen) atoms. The number of ether oxygens (including phenoxy) is 1. The molecule has 0 saturated carbocycles. The molecule has 0 aromatic heterocycles. The van der Waals surface area contributed by atoms with E-state index in [0.717, 1.165) is 32.8 Å². The topological polar surface area (TPSA) is 24.5 Å². The number of nitrogens with zero attached hydrogens (tertiary/aromatic N) is 1. The van der Waals surface area contributed by atoms with Crippen LogP contribution in [0.4, 0.5) is 0 Å². The van der Waals surface area contributed by atoms with Crippen LogP contribution in [-0.4, -0.2) is 44.3 Å². The van der Waals surface area contributed by atoms with Gasteiger partial charge < -0.3 is 15.0 Å². The van der Waals surface area contributed by atoms with Crippen LogP contribution in [0, 0.1) is 13.8 Å². The molecule has 3 heteroatoms. The zero-order valence-electron chi connectivity index (χ0n) is 11.7. The number of morpholine rings is 1. The van der Waals surface area contributed by atoms with Crippen LogP contribution in [0.15, 0.2) is 18.2 Å². The lowest BCUT2D eigenvalue weighted by molar-refractivity contribution is -0.0182. The van der Waals surface area contributed by atoms with Crippen LogP contribution >= 0.6 is 0 Å². The molecule has 2 rings (SSSR count). The first-order valence-corrected chi connectivity index (χ1v) is 6.72. The Kier molecular flexibility index (Phi) is 4.75. The summed E-state index contributed by atoms with van der Waals surface area (Å²) in [5, 5.41) is 3.50.